The third-order valence-corrected chi connectivity index (χ3v) is 8.22. The Balaban J connectivity index is 2.07. The van der Waals surface area contributed by atoms with Gasteiger partial charge in [0.15, 0.2) is 5.78 Å². The van der Waals surface area contributed by atoms with Crippen LogP contribution in [-0.2, 0) is 19.1 Å². The van der Waals surface area contributed by atoms with E-state index < -0.39 is 40.7 Å². The van der Waals surface area contributed by atoms with Crippen LogP contribution in [0.4, 0.5) is 0 Å². The van der Waals surface area contributed by atoms with Crippen molar-refractivity contribution in [2.75, 3.05) is 27.3 Å². The van der Waals surface area contributed by atoms with E-state index in [0.29, 0.717) is 31.3 Å². The quantitative estimate of drug-likeness (QED) is 0.432. The minimum Gasteiger partial charge on any atom is -0.469 e. The Morgan fingerprint density at radius 3 is 2.50 bits per heavy atom. The molecule has 0 aliphatic heterocycles. The zero-order valence-corrected chi connectivity index (χ0v) is 19.6. The average molecular weight is 450 g/mol. The Labute approximate surface area is 188 Å². The number of nitrogens with zero attached hydrogens (tertiary/aromatic N) is 1. The van der Waals surface area contributed by atoms with Gasteiger partial charge in [0.25, 0.3) is 0 Å². The number of fused-ring (bicyclic) bond motifs is 2. The molecule has 0 heterocycles. The lowest BCUT2D eigenvalue weighted by molar-refractivity contribution is -0.190. The number of allylic oxidation sites excluding steroid dienone is 2. The second-order valence-corrected chi connectivity index (χ2v) is 9.85. The summed E-state index contributed by atoms with van der Waals surface area (Å²) in [6.45, 7) is 5.51. The van der Waals surface area contributed by atoms with Crippen molar-refractivity contribution in [3.8, 4) is 0 Å². The Morgan fingerprint density at radius 2 is 1.91 bits per heavy atom. The number of hydrogen-bond donors (Lipinski definition) is 3. The largest absolute Gasteiger partial charge is 0.469 e. The van der Waals surface area contributed by atoms with E-state index >= 15 is 0 Å². The van der Waals surface area contributed by atoms with Gasteiger partial charge in [-0.1, -0.05) is 25.0 Å². The monoisotopic (exact) mass is 449 g/mol. The average Bonchev–Trinajstić information content (AvgIpc) is 2.75. The van der Waals surface area contributed by atoms with E-state index in [4.69, 9.17) is 9.84 Å². The summed E-state index contributed by atoms with van der Waals surface area (Å²) in [5.74, 6) is -2.45. The van der Waals surface area contributed by atoms with Crippen molar-refractivity contribution in [1.82, 2.24) is 4.90 Å². The fraction of sp³-hybridized carbons (Fsp3) is 0.708. The van der Waals surface area contributed by atoms with Gasteiger partial charge < -0.3 is 25.0 Å². The fourth-order valence-corrected chi connectivity index (χ4v) is 6.32. The predicted molar refractivity (Wildman–Crippen MR) is 116 cm³/mol. The van der Waals surface area contributed by atoms with Gasteiger partial charge in [-0.15, -0.1) is 0 Å². The number of aliphatic hydroxyl groups excluding tert-OH is 3. The molecule has 0 spiro atoms. The van der Waals surface area contributed by atoms with Gasteiger partial charge >= 0.3 is 5.97 Å². The first-order chi connectivity index (χ1) is 14.9. The van der Waals surface area contributed by atoms with Crippen LogP contribution in [0.25, 0.3) is 0 Å². The Kier molecular flexibility index (Phi) is 6.71. The third kappa shape index (κ3) is 3.53. The molecule has 0 aromatic heterocycles. The Morgan fingerprint density at radius 1 is 1.25 bits per heavy atom. The normalized spacial score (nSPS) is 38.2. The Bertz CT molecular complexity index is 878. The molecule has 0 unspecified atom stereocenters. The van der Waals surface area contributed by atoms with Gasteiger partial charge in [-0.2, -0.15) is 0 Å². The van der Waals surface area contributed by atoms with E-state index in [1.165, 1.54) is 18.1 Å². The van der Waals surface area contributed by atoms with Crippen LogP contribution in [0, 0.1) is 22.7 Å². The minimum atomic E-state index is -1.45. The van der Waals surface area contributed by atoms with Crippen LogP contribution in [0.1, 0.15) is 46.5 Å². The van der Waals surface area contributed by atoms with E-state index in [0.717, 1.165) is 11.1 Å². The molecule has 3 aliphatic rings. The summed E-state index contributed by atoms with van der Waals surface area (Å²) in [5, 5.41) is 31.0. The number of Topliss-reactive ketones (excluding diaryl/α,β-unsaturated/α-hetero) is 1. The van der Waals surface area contributed by atoms with Gasteiger partial charge in [0, 0.05) is 37.1 Å². The lowest BCUT2D eigenvalue weighted by atomic mass is 9.46. The second kappa shape index (κ2) is 8.72. The van der Waals surface area contributed by atoms with Gasteiger partial charge in [0.1, 0.15) is 6.10 Å². The first-order valence-electron chi connectivity index (χ1n) is 11.2. The third-order valence-electron chi connectivity index (χ3n) is 8.22. The number of esters is 1. The number of aliphatic hydroxyl groups is 3. The first kappa shape index (κ1) is 24.6. The smallest absolute Gasteiger partial charge is 0.314 e. The standard InChI is InChI=1S/C24H35NO7/c1-13-14(12-17(28)25(4)10-11-26)6-7-15-18(13)19(29)20(30)21-23(15,2)9-8-16(27)24(21,3)22(31)32-5/h12-13,16,20-21,26-27,30H,6-11H2,1-5H3/b14-12+/t13-,16-,20-,21+,23+,24-/m0/s1. The lowest BCUT2D eigenvalue weighted by Gasteiger charge is -2.58. The summed E-state index contributed by atoms with van der Waals surface area (Å²) in [6, 6.07) is 0. The minimum absolute atomic E-state index is 0.133. The number of amides is 1. The summed E-state index contributed by atoms with van der Waals surface area (Å²) in [6.07, 6.45) is 1.09. The molecular formula is C24H35NO7. The van der Waals surface area contributed by atoms with Crippen LogP contribution >= 0.6 is 0 Å². The molecule has 178 valence electrons. The predicted octanol–water partition coefficient (Wildman–Crippen LogP) is 0.990. The van der Waals surface area contributed by atoms with Gasteiger partial charge in [-0.3, -0.25) is 14.4 Å². The molecule has 3 aliphatic carbocycles. The highest BCUT2D eigenvalue weighted by Crippen LogP contribution is 2.62. The number of ether oxygens (including phenoxy) is 1. The zero-order valence-electron chi connectivity index (χ0n) is 19.6. The summed E-state index contributed by atoms with van der Waals surface area (Å²) >= 11 is 0. The highest BCUT2D eigenvalue weighted by atomic mass is 16.5. The molecule has 0 radical (unpaired) electrons. The van der Waals surface area contributed by atoms with Crippen molar-refractivity contribution in [3.63, 3.8) is 0 Å². The summed E-state index contributed by atoms with van der Waals surface area (Å²) < 4.78 is 4.99. The number of carbonyl (C=O) groups excluding carboxylic acids is 3. The van der Waals surface area contributed by atoms with Crippen LogP contribution in [0.15, 0.2) is 22.8 Å². The van der Waals surface area contributed by atoms with Crippen molar-refractivity contribution in [1.29, 1.82) is 0 Å². The molecule has 0 saturated heterocycles. The maximum Gasteiger partial charge on any atom is 0.314 e. The first-order valence-corrected chi connectivity index (χ1v) is 11.2. The van der Waals surface area contributed by atoms with Gasteiger partial charge in [0.2, 0.25) is 5.91 Å². The maximum atomic E-state index is 13.4. The van der Waals surface area contributed by atoms with Gasteiger partial charge in [-0.05, 0) is 38.0 Å². The second-order valence-electron chi connectivity index (χ2n) is 9.85. The van der Waals surface area contributed by atoms with Crippen molar-refractivity contribution < 1.29 is 34.4 Å². The maximum absolute atomic E-state index is 13.4. The number of carbonyl (C=O) groups is 3. The Hall–Kier alpha value is -2.03. The summed E-state index contributed by atoms with van der Waals surface area (Å²) in [4.78, 5) is 40.1. The molecule has 32 heavy (non-hydrogen) atoms. The van der Waals surface area contributed by atoms with Crippen molar-refractivity contribution in [3.05, 3.63) is 22.8 Å². The SMILES string of the molecule is COC(=O)[C@@]1(C)[C@@H](O)CC[C@]2(C)C3=C(C(=O)[C@H](O)[C@@H]12)[C@@H](C)/C(=C/C(=O)N(C)CCO)CC3. The van der Waals surface area contributed by atoms with E-state index in [9.17, 15) is 24.6 Å². The van der Waals surface area contributed by atoms with E-state index in [2.05, 4.69) is 0 Å². The van der Waals surface area contributed by atoms with E-state index in [-0.39, 0.29) is 25.0 Å². The number of ketones is 1. The van der Waals surface area contributed by atoms with Crippen LogP contribution in [-0.4, -0.2) is 77.4 Å². The molecule has 1 fully saturated rings. The van der Waals surface area contributed by atoms with Crippen LogP contribution in [0.2, 0.25) is 0 Å². The topological polar surface area (TPSA) is 124 Å². The molecule has 3 rings (SSSR count). The highest BCUT2D eigenvalue weighted by Gasteiger charge is 2.65. The molecule has 3 N–H and O–H groups in total. The van der Waals surface area contributed by atoms with E-state index in [1.54, 1.807) is 14.0 Å². The molecule has 0 aromatic carbocycles. The molecular weight excluding hydrogens is 414 g/mol. The van der Waals surface area contributed by atoms with Crippen LogP contribution < -0.4 is 0 Å². The number of likely N-dealkylation sites (N-methyl/N-ethyl adjacent to an activating group) is 1. The molecule has 6 atom stereocenters. The summed E-state index contributed by atoms with van der Waals surface area (Å²) in [5.41, 5.74) is 0.198. The van der Waals surface area contributed by atoms with Crippen molar-refractivity contribution >= 4 is 17.7 Å². The number of hydrogen-bond acceptors (Lipinski definition) is 7. The highest BCUT2D eigenvalue weighted by molar-refractivity contribution is 6.03. The number of rotatable bonds is 4. The van der Waals surface area contributed by atoms with Crippen LogP contribution in [0.5, 0.6) is 0 Å². The molecule has 8 nitrogen and oxygen atoms in total. The molecule has 0 bridgehead atoms. The zero-order chi connectivity index (χ0) is 24.0. The molecule has 0 aromatic rings. The summed E-state index contributed by atoms with van der Waals surface area (Å²) in [7, 11) is 2.86. The molecule has 1 saturated carbocycles. The van der Waals surface area contributed by atoms with Gasteiger partial charge in [-0.25, -0.2) is 0 Å². The van der Waals surface area contributed by atoms with Crippen molar-refractivity contribution in [2.24, 2.45) is 22.7 Å². The lowest BCUT2D eigenvalue weighted by Crippen LogP contribution is -2.64. The number of methoxy groups -OCH3 is 1. The van der Waals surface area contributed by atoms with E-state index in [1.807, 2.05) is 13.8 Å². The van der Waals surface area contributed by atoms with Crippen molar-refractivity contribution in [2.45, 2.75) is 58.7 Å². The van der Waals surface area contributed by atoms with Gasteiger partial charge in [0.05, 0.1) is 25.2 Å². The molecule has 8 heteroatoms. The fourth-order valence-electron chi connectivity index (χ4n) is 6.32. The molecule has 1 amide bonds. The van der Waals surface area contributed by atoms with Crippen LogP contribution in [0.3, 0.4) is 0 Å².